The van der Waals surface area contributed by atoms with Crippen molar-refractivity contribution in [1.29, 1.82) is 0 Å². The number of ether oxygens (including phenoxy) is 1. The summed E-state index contributed by atoms with van der Waals surface area (Å²) in [5, 5.41) is 11.9. The van der Waals surface area contributed by atoms with Crippen LogP contribution in [-0.2, 0) is 24.4 Å². The maximum Gasteiger partial charge on any atom is 0.129 e. The van der Waals surface area contributed by atoms with Crippen LogP contribution < -0.4 is 5.32 Å². The minimum atomic E-state index is -0.308. The third-order valence-corrected chi connectivity index (χ3v) is 4.51. The third kappa shape index (κ3) is 4.30. The van der Waals surface area contributed by atoms with Gasteiger partial charge in [-0.2, -0.15) is 0 Å². The van der Waals surface area contributed by atoms with Crippen LogP contribution in [0.5, 0.6) is 0 Å². The molecular formula is C16H22Cl2FN5O. The molecule has 1 N–H and O–H groups in total. The van der Waals surface area contributed by atoms with E-state index in [-0.39, 0.29) is 36.7 Å². The van der Waals surface area contributed by atoms with Crippen LogP contribution in [0.2, 0.25) is 0 Å². The van der Waals surface area contributed by atoms with E-state index in [9.17, 15) is 4.39 Å². The van der Waals surface area contributed by atoms with Crippen molar-refractivity contribution >= 4 is 24.8 Å². The van der Waals surface area contributed by atoms with Gasteiger partial charge >= 0.3 is 0 Å². The minimum absolute atomic E-state index is 0. The number of fused-ring (bicyclic) bond motifs is 1. The second kappa shape index (κ2) is 8.91. The Morgan fingerprint density at radius 3 is 2.72 bits per heavy atom. The van der Waals surface area contributed by atoms with Crippen LogP contribution in [0.1, 0.15) is 23.1 Å². The van der Waals surface area contributed by atoms with Gasteiger partial charge in [-0.15, -0.1) is 29.9 Å². The van der Waals surface area contributed by atoms with Crippen molar-refractivity contribution in [2.45, 2.75) is 25.8 Å². The largest absolute Gasteiger partial charge is 0.365 e. The normalized spacial score (nSPS) is 20.3. The first kappa shape index (κ1) is 20.1. The van der Waals surface area contributed by atoms with Crippen molar-refractivity contribution in [3.8, 4) is 0 Å². The molecule has 4 rings (SSSR count). The second-order valence-electron chi connectivity index (χ2n) is 6.01. The molecule has 0 radical (unpaired) electrons. The summed E-state index contributed by atoms with van der Waals surface area (Å²) in [5.41, 5.74) is 2.56. The van der Waals surface area contributed by atoms with Crippen LogP contribution in [0.15, 0.2) is 24.3 Å². The van der Waals surface area contributed by atoms with E-state index in [4.69, 9.17) is 4.74 Å². The molecule has 0 spiro atoms. The lowest BCUT2D eigenvalue weighted by molar-refractivity contribution is -0.00410. The molecule has 1 fully saturated rings. The summed E-state index contributed by atoms with van der Waals surface area (Å²) < 4.78 is 21.7. The molecule has 2 aliphatic rings. The molecule has 0 bridgehead atoms. The Labute approximate surface area is 158 Å². The van der Waals surface area contributed by atoms with Gasteiger partial charge in [-0.05, 0) is 6.07 Å². The molecule has 2 aromatic rings. The van der Waals surface area contributed by atoms with Crippen molar-refractivity contribution in [1.82, 2.24) is 25.2 Å². The number of aromatic nitrogens is 3. The summed E-state index contributed by atoms with van der Waals surface area (Å²) in [6.07, 6.45) is -0.308. The smallest absolute Gasteiger partial charge is 0.129 e. The molecule has 25 heavy (non-hydrogen) atoms. The van der Waals surface area contributed by atoms with Crippen LogP contribution in [-0.4, -0.2) is 46.1 Å². The van der Waals surface area contributed by atoms with Crippen LogP contribution >= 0.6 is 24.8 Å². The molecule has 0 amide bonds. The van der Waals surface area contributed by atoms with Crippen LogP contribution in [0.4, 0.5) is 4.39 Å². The van der Waals surface area contributed by atoms with Gasteiger partial charge in [-0.1, -0.05) is 23.4 Å². The molecule has 1 saturated heterocycles. The number of rotatable bonds is 3. The average molecular weight is 390 g/mol. The molecule has 3 heterocycles. The van der Waals surface area contributed by atoms with E-state index in [1.807, 2.05) is 10.7 Å². The Morgan fingerprint density at radius 1 is 1.20 bits per heavy atom. The summed E-state index contributed by atoms with van der Waals surface area (Å²) in [6, 6.07) is 6.75. The predicted octanol–water partition coefficient (Wildman–Crippen LogP) is 1.94. The summed E-state index contributed by atoms with van der Waals surface area (Å²) in [7, 11) is 0. The summed E-state index contributed by atoms with van der Waals surface area (Å²) in [6.45, 7) is 5.78. The topological polar surface area (TPSA) is 55.2 Å². The molecule has 9 heteroatoms. The number of piperazine rings is 1. The zero-order chi connectivity index (χ0) is 15.6. The molecular weight excluding hydrogens is 368 g/mol. The summed E-state index contributed by atoms with van der Waals surface area (Å²) >= 11 is 0. The zero-order valence-electron chi connectivity index (χ0n) is 13.7. The first-order valence-corrected chi connectivity index (χ1v) is 8.01. The highest BCUT2D eigenvalue weighted by molar-refractivity contribution is 5.85. The Bertz CT molecular complexity index is 693. The van der Waals surface area contributed by atoms with E-state index in [0.29, 0.717) is 18.7 Å². The first-order valence-electron chi connectivity index (χ1n) is 8.01. The van der Waals surface area contributed by atoms with Gasteiger partial charge in [0.15, 0.2) is 0 Å². The fraction of sp³-hybridized carbons (Fsp3) is 0.500. The number of nitrogens with zero attached hydrogens (tertiary/aromatic N) is 4. The van der Waals surface area contributed by atoms with Gasteiger partial charge in [-0.25, -0.2) is 9.07 Å². The molecule has 0 saturated carbocycles. The number of hydrogen-bond donors (Lipinski definition) is 1. The first-order chi connectivity index (χ1) is 11.3. The Hall–Kier alpha value is -1.25. The minimum Gasteiger partial charge on any atom is -0.365 e. The fourth-order valence-electron chi connectivity index (χ4n) is 3.19. The number of halogens is 3. The second-order valence-corrected chi connectivity index (χ2v) is 6.01. The molecule has 1 aromatic heterocycles. The molecule has 1 unspecified atom stereocenters. The highest BCUT2D eigenvalue weighted by Crippen LogP contribution is 2.28. The van der Waals surface area contributed by atoms with Gasteiger partial charge in [0.2, 0.25) is 0 Å². The van der Waals surface area contributed by atoms with Crippen molar-refractivity contribution in [3.05, 3.63) is 47.0 Å². The Morgan fingerprint density at radius 2 is 1.96 bits per heavy atom. The lowest BCUT2D eigenvalue weighted by Crippen LogP contribution is -2.43. The van der Waals surface area contributed by atoms with E-state index in [1.165, 1.54) is 6.07 Å². The monoisotopic (exact) mass is 389 g/mol. The van der Waals surface area contributed by atoms with Crippen LogP contribution in [0, 0.1) is 5.82 Å². The number of benzene rings is 1. The Balaban J connectivity index is 0.00000113. The van der Waals surface area contributed by atoms with Crippen LogP contribution in [0.3, 0.4) is 0 Å². The SMILES string of the molecule is Cl.Cl.Fc1ccccc1C1Cn2nnc(CN3CCNCC3)c2CO1. The number of nitrogens with one attached hydrogen (secondary N) is 1. The van der Waals surface area contributed by atoms with E-state index < -0.39 is 0 Å². The highest BCUT2D eigenvalue weighted by Gasteiger charge is 2.27. The lowest BCUT2D eigenvalue weighted by atomic mass is 10.1. The lowest BCUT2D eigenvalue weighted by Gasteiger charge is -2.28. The summed E-state index contributed by atoms with van der Waals surface area (Å²) in [5.74, 6) is -0.234. The highest BCUT2D eigenvalue weighted by atomic mass is 35.5. The van der Waals surface area contributed by atoms with Crippen molar-refractivity contribution < 1.29 is 9.13 Å². The quantitative estimate of drug-likeness (QED) is 0.868. The predicted molar refractivity (Wildman–Crippen MR) is 96.6 cm³/mol. The van der Waals surface area contributed by atoms with E-state index in [2.05, 4.69) is 20.5 Å². The van der Waals surface area contributed by atoms with Gasteiger partial charge in [0.25, 0.3) is 0 Å². The fourth-order valence-corrected chi connectivity index (χ4v) is 3.19. The molecule has 1 atom stereocenters. The van der Waals surface area contributed by atoms with Gasteiger partial charge in [0, 0.05) is 38.3 Å². The van der Waals surface area contributed by atoms with E-state index >= 15 is 0 Å². The van der Waals surface area contributed by atoms with Crippen LogP contribution in [0.25, 0.3) is 0 Å². The molecule has 138 valence electrons. The third-order valence-electron chi connectivity index (χ3n) is 4.51. The van der Waals surface area contributed by atoms with Gasteiger partial charge in [0.05, 0.1) is 18.8 Å². The Kier molecular flexibility index (Phi) is 7.15. The molecule has 2 aliphatic heterocycles. The van der Waals surface area contributed by atoms with Crippen molar-refractivity contribution in [2.24, 2.45) is 0 Å². The van der Waals surface area contributed by atoms with E-state index in [1.54, 1.807) is 12.1 Å². The maximum atomic E-state index is 13.9. The number of hydrogen-bond acceptors (Lipinski definition) is 5. The van der Waals surface area contributed by atoms with Gasteiger partial charge in [-0.3, -0.25) is 4.90 Å². The molecule has 6 nitrogen and oxygen atoms in total. The van der Waals surface area contributed by atoms with Crippen molar-refractivity contribution in [2.75, 3.05) is 26.2 Å². The van der Waals surface area contributed by atoms with E-state index in [0.717, 1.165) is 44.1 Å². The summed E-state index contributed by atoms with van der Waals surface area (Å²) in [4.78, 5) is 2.37. The standard InChI is InChI=1S/C16H20FN5O.2ClH/c17-13-4-2-1-3-12(13)16-10-22-15(11-23-16)14(19-20-22)9-21-7-5-18-6-8-21;;/h1-4,16,18H,5-11H2;2*1H. The van der Waals surface area contributed by atoms with Gasteiger partial charge < -0.3 is 10.1 Å². The molecule has 1 aromatic carbocycles. The van der Waals surface area contributed by atoms with Crippen molar-refractivity contribution in [3.63, 3.8) is 0 Å². The molecule has 0 aliphatic carbocycles. The maximum absolute atomic E-state index is 13.9. The van der Waals surface area contributed by atoms with Gasteiger partial charge in [0.1, 0.15) is 17.6 Å². The zero-order valence-corrected chi connectivity index (χ0v) is 15.4. The average Bonchev–Trinajstić information content (AvgIpc) is 2.98.